The number of imidazole rings is 1. The molecule has 0 bridgehead atoms. The standard InChI is InChI=1S/C15H21N3O/c1-15(2,19-4)10-12-13(16)18(3)14(17-12)11-8-6-5-7-9-11/h5-9H,10,16H2,1-4H3. The first kappa shape index (κ1) is 13.6. The lowest BCUT2D eigenvalue weighted by Crippen LogP contribution is -2.26. The number of benzene rings is 1. The average molecular weight is 259 g/mol. The van der Waals surface area contributed by atoms with Crippen molar-refractivity contribution in [2.75, 3.05) is 12.8 Å². The third-order valence-electron chi connectivity index (χ3n) is 3.39. The van der Waals surface area contributed by atoms with Gasteiger partial charge in [0.2, 0.25) is 0 Å². The third-order valence-corrected chi connectivity index (χ3v) is 3.39. The number of methoxy groups -OCH3 is 1. The van der Waals surface area contributed by atoms with Crippen LogP contribution in [0.2, 0.25) is 0 Å². The summed E-state index contributed by atoms with van der Waals surface area (Å²) in [6.07, 6.45) is 0.690. The zero-order chi connectivity index (χ0) is 14.0. The molecule has 4 heteroatoms. The van der Waals surface area contributed by atoms with Crippen molar-refractivity contribution in [1.29, 1.82) is 0 Å². The Hall–Kier alpha value is -1.81. The molecule has 1 aromatic carbocycles. The fourth-order valence-electron chi connectivity index (χ4n) is 2.02. The molecule has 0 radical (unpaired) electrons. The molecule has 0 spiro atoms. The molecule has 0 saturated carbocycles. The summed E-state index contributed by atoms with van der Waals surface area (Å²) in [6, 6.07) is 10.1. The van der Waals surface area contributed by atoms with E-state index in [0.29, 0.717) is 12.2 Å². The van der Waals surface area contributed by atoms with E-state index < -0.39 is 0 Å². The molecule has 1 heterocycles. The molecule has 0 fully saturated rings. The molecule has 102 valence electrons. The summed E-state index contributed by atoms with van der Waals surface area (Å²) >= 11 is 0. The lowest BCUT2D eigenvalue weighted by Gasteiger charge is -2.21. The van der Waals surface area contributed by atoms with Gasteiger partial charge in [0.25, 0.3) is 0 Å². The van der Waals surface area contributed by atoms with Crippen LogP contribution in [-0.4, -0.2) is 22.3 Å². The highest BCUT2D eigenvalue weighted by Gasteiger charge is 2.22. The van der Waals surface area contributed by atoms with Gasteiger partial charge in [-0.2, -0.15) is 0 Å². The Morgan fingerprint density at radius 2 is 1.89 bits per heavy atom. The van der Waals surface area contributed by atoms with Gasteiger partial charge in [-0.3, -0.25) is 0 Å². The lowest BCUT2D eigenvalue weighted by atomic mass is 10.0. The average Bonchev–Trinajstić information content (AvgIpc) is 2.68. The van der Waals surface area contributed by atoms with Crippen molar-refractivity contribution in [3.63, 3.8) is 0 Å². The Bertz CT molecular complexity index is 558. The van der Waals surface area contributed by atoms with Crippen LogP contribution >= 0.6 is 0 Å². The fraction of sp³-hybridized carbons (Fsp3) is 0.400. The Kier molecular flexibility index (Phi) is 3.62. The van der Waals surface area contributed by atoms with Crippen LogP contribution in [0.3, 0.4) is 0 Å². The molecule has 4 nitrogen and oxygen atoms in total. The normalized spacial score (nSPS) is 11.8. The number of hydrogen-bond donors (Lipinski definition) is 1. The van der Waals surface area contributed by atoms with Crippen LogP contribution in [0.1, 0.15) is 19.5 Å². The summed E-state index contributed by atoms with van der Waals surface area (Å²) < 4.78 is 7.37. The fourth-order valence-corrected chi connectivity index (χ4v) is 2.02. The van der Waals surface area contributed by atoms with E-state index in [0.717, 1.165) is 17.1 Å². The van der Waals surface area contributed by atoms with E-state index in [1.54, 1.807) is 7.11 Å². The van der Waals surface area contributed by atoms with Crippen molar-refractivity contribution in [2.24, 2.45) is 7.05 Å². The van der Waals surface area contributed by atoms with Crippen molar-refractivity contribution in [3.05, 3.63) is 36.0 Å². The smallest absolute Gasteiger partial charge is 0.141 e. The second kappa shape index (κ2) is 5.05. The summed E-state index contributed by atoms with van der Waals surface area (Å²) in [4.78, 5) is 4.67. The number of nitrogen functional groups attached to an aromatic ring is 1. The van der Waals surface area contributed by atoms with Gasteiger partial charge in [0.15, 0.2) is 0 Å². The van der Waals surface area contributed by atoms with Crippen molar-refractivity contribution < 1.29 is 4.74 Å². The van der Waals surface area contributed by atoms with Gasteiger partial charge >= 0.3 is 0 Å². The van der Waals surface area contributed by atoms with Crippen LogP contribution in [0.25, 0.3) is 11.4 Å². The van der Waals surface area contributed by atoms with E-state index in [9.17, 15) is 0 Å². The predicted molar refractivity (Wildman–Crippen MR) is 77.8 cm³/mol. The molecule has 0 aliphatic rings. The zero-order valence-electron chi connectivity index (χ0n) is 12.0. The van der Waals surface area contributed by atoms with Crippen molar-refractivity contribution in [3.8, 4) is 11.4 Å². The summed E-state index contributed by atoms with van der Waals surface area (Å²) in [6.45, 7) is 4.06. The maximum Gasteiger partial charge on any atom is 0.141 e. The lowest BCUT2D eigenvalue weighted by molar-refractivity contribution is 0.0226. The van der Waals surface area contributed by atoms with Gasteiger partial charge in [-0.05, 0) is 13.8 Å². The Morgan fingerprint density at radius 3 is 2.47 bits per heavy atom. The molecule has 2 rings (SSSR count). The first-order valence-corrected chi connectivity index (χ1v) is 6.36. The van der Waals surface area contributed by atoms with E-state index in [4.69, 9.17) is 10.5 Å². The van der Waals surface area contributed by atoms with Crippen LogP contribution in [0.5, 0.6) is 0 Å². The molecule has 19 heavy (non-hydrogen) atoms. The summed E-state index contributed by atoms with van der Waals surface area (Å²) in [5.74, 6) is 1.59. The number of rotatable bonds is 4. The van der Waals surface area contributed by atoms with Crippen LogP contribution < -0.4 is 5.73 Å². The van der Waals surface area contributed by atoms with Gasteiger partial charge in [-0.15, -0.1) is 0 Å². The van der Waals surface area contributed by atoms with E-state index in [1.165, 1.54) is 0 Å². The van der Waals surface area contributed by atoms with Gasteiger partial charge in [-0.1, -0.05) is 30.3 Å². The van der Waals surface area contributed by atoms with E-state index >= 15 is 0 Å². The molecule has 0 aliphatic heterocycles. The van der Waals surface area contributed by atoms with E-state index in [-0.39, 0.29) is 5.60 Å². The van der Waals surface area contributed by atoms with E-state index in [2.05, 4.69) is 4.98 Å². The minimum absolute atomic E-state index is 0.267. The second-order valence-electron chi connectivity index (χ2n) is 5.33. The maximum absolute atomic E-state index is 6.15. The SMILES string of the molecule is COC(C)(C)Cc1nc(-c2ccccc2)n(C)c1N. The molecular formula is C15H21N3O. The quantitative estimate of drug-likeness (QED) is 0.918. The topological polar surface area (TPSA) is 53.1 Å². The van der Waals surface area contributed by atoms with Gasteiger partial charge in [0.05, 0.1) is 11.3 Å². The minimum Gasteiger partial charge on any atom is -0.384 e. The molecule has 0 saturated heterocycles. The molecule has 0 atom stereocenters. The number of hydrogen-bond acceptors (Lipinski definition) is 3. The number of nitrogens with two attached hydrogens (primary N) is 1. The zero-order valence-corrected chi connectivity index (χ0v) is 12.0. The van der Waals surface area contributed by atoms with Gasteiger partial charge in [0, 0.05) is 26.1 Å². The summed E-state index contributed by atoms with van der Waals surface area (Å²) in [7, 11) is 3.64. The largest absolute Gasteiger partial charge is 0.384 e. The van der Waals surface area contributed by atoms with Crippen LogP contribution in [-0.2, 0) is 18.2 Å². The molecule has 0 aliphatic carbocycles. The minimum atomic E-state index is -0.267. The predicted octanol–water partition coefficient (Wildman–Crippen LogP) is 2.64. The van der Waals surface area contributed by atoms with Crippen LogP contribution in [0, 0.1) is 0 Å². The van der Waals surface area contributed by atoms with Crippen LogP contribution in [0.4, 0.5) is 5.82 Å². The maximum atomic E-state index is 6.15. The number of anilines is 1. The highest BCUT2D eigenvalue weighted by molar-refractivity contribution is 5.60. The number of ether oxygens (including phenoxy) is 1. The molecule has 1 aromatic heterocycles. The second-order valence-corrected chi connectivity index (χ2v) is 5.33. The van der Waals surface area contributed by atoms with Crippen molar-refractivity contribution >= 4 is 5.82 Å². The molecule has 2 N–H and O–H groups in total. The summed E-state index contributed by atoms with van der Waals surface area (Å²) in [5, 5.41) is 0. The third kappa shape index (κ3) is 2.79. The highest BCUT2D eigenvalue weighted by atomic mass is 16.5. The molecule has 2 aromatic rings. The monoisotopic (exact) mass is 259 g/mol. The molecular weight excluding hydrogens is 238 g/mol. The Morgan fingerprint density at radius 1 is 1.26 bits per heavy atom. The van der Waals surface area contributed by atoms with Crippen molar-refractivity contribution in [1.82, 2.24) is 9.55 Å². The van der Waals surface area contributed by atoms with Crippen molar-refractivity contribution in [2.45, 2.75) is 25.9 Å². The van der Waals surface area contributed by atoms with Gasteiger partial charge in [-0.25, -0.2) is 4.98 Å². The number of aromatic nitrogens is 2. The highest BCUT2D eigenvalue weighted by Crippen LogP contribution is 2.26. The van der Waals surface area contributed by atoms with Gasteiger partial charge in [0.1, 0.15) is 11.6 Å². The first-order chi connectivity index (χ1) is 8.94. The summed E-state index contributed by atoms with van der Waals surface area (Å²) in [5.41, 5.74) is 7.83. The molecule has 0 unspecified atom stereocenters. The Balaban J connectivity index is 2.39. The van der Waals surface area contributed by atoms with Crippen LogP contribution in [0.15, 0.2) is 30.3 Å². The molecule has 0 amide bonds. The van der Waals surface area contributed by atoms with Gasteiger partial charge < -0.3 is 15.0 Å². The first-order valence-electron chi connectivity index (χ1n) is 6.36. The number of nitrogens with zero attached hydrogens (tertiary/aromatic N) is 2. The Labute approximate surface area is 114 Å². The van der Waals surface area contributed by atoms with E-state index in [1.807, 2.05) is 55.8 Å².